The Balaban J connectivity index is 0.933. The Morgan fingerprint density at radius 3 is 1.96 bits per heavy atom. The number of carbonyl (C=O) groups is 8. The Labute approximate surface area is 767 Å². The number of halogens is 2. The number of aromatic hydroxyl groups is 3. The number of phenols is 3. The van der Waals surface area contributed by atoms with Crippen molar-refractivity contribution in [1.82, 2.24) is 31.3 Å². The summed E-state index contributed by atoms with van der Waals surface area (Å²) in [6, 6.07) is 11.9. The van der Waals surface area contributed by atoms with E-state index in [0.717, 1.165) is 81.7 Å². The summed E-state index contributed by atoms with van der Waals surface area (Å²) in [6.45, 7) is 9.28. The molecule has 6 fully saturated rings. The van der Waals surface area contributed by atoms with Crippen LogP contribution in [0.1, 0.15) is 201 Å². The van der Waals surface area contributed by atoms with Gasteiger partial charge in [-0.2, -0.15) is 0 Å². The third-order valence-corrected chi connectivity index (χ3v) is 28.9. The molecule has 5 amide bonds. The van der Waals surface area contributed by atoms with E-state index >= 15 is 28.8 Å². The van der Waals surface area contributed by atoms with Crippen molar-refractivity contribution >= 4 is 80.1 Å². The highest BCUT2D eigenvalue weighted by Gasteiger charge is 2.54. The molecule has 0 aromatic heterocycles. The number of amides is 5. The molecular weight excluding hydrogens is 1760 g/mol. The lowest BCUT2D eigenvalue weighted by Gasteiger charge is -2.54. The number of fused-ring (bicyclic) bond motifs is 15. The average Bonchev–Trinajstić information content (AvgIpc) is 0.751. The van der Waals surface area contributed by atoms with Crippen LogP contribution in [0.2, 0.25) is 10.0 Å². The molecular formula is C94H116Cl2N8O26S. The standard InChI is InChI=1S/C94H116Cl2N8O26S/c1-7-9-10-23-124-55-14-16-56(17-15-55)131(122,123)100-22-21-99-41-61-65(107)39-60-76(83(61)114)59-30-48(11-18-64(59)106)58-38-67(109)77-53-34-71(126-69-19-12-49(31-62(69)95)81(112)79(103-89(118)47(8-2)24-43(3)4)66(108)33-54(36-74(97)111)90(119)101-77)86(130-93-87(85(116)84(115)73(42-105)128-93)129-75-40-94(6,98)88(117)44(5)125-75)72(35-53)127-70-20-13-50(32-63(70)96)82(113)80(104-91(58)120)92(121)102-78(60)68(110)37-57-51-26-45-25-46(28-51)29-52(57)27-45/h11-20,30-32,34-35,39,43-47,51-52,54,57-58,73,75,77-82,84-85,87-88,93,99-100,105-107,112-117H,7-10,21-29,33,36-38,40-42,98H2,1-6H3,(H2,97,111)(H,101,119)(H,102,121)(H,103,118)(H,104,120)/t44-,45?,46?,47+,51?,52?,54-,57?,58+,73+,75-,77+,78-,79-,80-,81+,82+,84+,85-,87+,88+,93-,94-/m0/s1. The molecule has 0 spiro atoms. The molecule has 708 valence electrons. The smallest absolute Gasteiger partial charge is 0.246 e. The number of aliphatic hydroxyl groups excluding tert-OH is 6. The molecule has 0 unspecified atom stereocenters. The number of Topliss-reactive ketones (excluding diaryl/α,β-unsaturated/α-hetero) is 3. The van der Waals surface area contributed by atoms with Crippen LogP contribution in [0.4, 0.5) is 0 Å². The lowest BCUT2D eigenvalue weighted by atomic mass is 9.51. The van der Waals surface area contributed by atoms with Crippen LogP contribution >= 0.6 is 23.2 Å². The van der Waals surface area contributed by atoms with E-state index in [4.69, 9.17) is 67.8 Å². The van der Waals surface area contributed by atoms with Crippen molar-refractivity contribution in [3.8, 4) is 62.9 Å². The zero-order valence-corrected chi connectivity index (χ0v) is 75.8. The number of primary amides is 1. The maximum atomic E-state index is 16.8. The third-order valence-electron chi connectivity index (χ3n) is 26.9. The van der Waals surface area contributed by atoms with E-state index in [-0.39, 0.29) is 122 Å². The number of nitrogens with one attached hydrogen (secondary N) is 6. The summed E-state index contributed by atoms with van der Waals surface area (Å²) < 4.78 is 74.8. The van der Waals surface area contributed by atoms with Gasteiger partial charge in [-0.25, -0.2) is 13.1 Å². The Bertz CT molecular complexity index is 5370. The van der Waals surface area contributed by atoms with Crippen LogP contribution in [0.3, 0.4) is 0 Å². The zero-order valence-electron chi connectivity index (χ0n) is 73.4. The van der Waals surface area contributed by atoms with Gasteiger partial charge in [-0.1, -0.05) is 81.9 Å². The Kier molecular flexibility index (Phi) is 30.5. The fourth-order valence-electron chi connectivity index (χ4n) is 20.1. The summed E-state index contributed by atoms with van der Waals surface area (Å²) in [7, 11) is -4.12. The van der Waals surface area contributed by atoms with Crippen molar-refractivity contribution in [3.05, 3.63) is 140 Å². The number of benzene rings is 6. The van der Waals surface area contributed by atoms with Gasteiger partial charge in [-0.15, -0.1) is 0 Å². The van der Waals surface area contributed by atoms with E-state index in [2.05, 4.69) is 38.2 Å². The van der Waals surface area contributed by atoms with Gasteiger partial charge < -0.3 is 117 Å². The van der Waals surface area contributed by atoms with E-state index in [1.807, 2.05) is 13.8 Å². The van der Waals surface area contributed by atoms with Crippen LogP contribution in [-0.2, 0) is 69.1 Å². The van der Waals surface area contributed by atoms with Crippen LogP contribution in [0.5, 0.6) is 51.7 Å². The molecule has 15 bridgehead atoms. The normalized spacial score (nSPS) is 29.8. The van der Waals surface area contributed by atoms with Gasteiger partial charge in [-0.05, 0) is 207 Å². The summed E-state index contributed by atoms with van der Waals surface area (Å²) in [4.78, 5) is 124. The summed E-state index contributed by atoms with van der Waals surface area (Å²) >= 11 is 14.6. The molecule has 2 saturated heterocycles. The minimum Gasteiger partial charge on any atom is -0.507 e. The van der Waals surface area contributed by atoms with Gasteiger partial charge in [0.05, 0.1) is 57.8 Å². The lowest BCUT2D eigenvalue weighted by Crippen LogP contribution is -2.64. The number of sulfonamides is 1. The quantitative estimate of drug-likeness (QED) is 0.0216. The molecule has 34 nitrogen and oxygen atoms in total. The van der Waals surface area contributed by atoms with E-state index < -0.39 is 238 Å². The van der Waals surface area contributed by atoms with Crippen molar-refractivity contribution in [2.45, 2.75) is 246 Å². The maximum absolute atomic E-state index is 16.8. The number of aliphatic hydroxyl groups is 6. The topological polar surface area (TPSA) is 542 Å². The maximum Gasteiger partial charge on any atom is 0.246 e. The summed E-state index contributed by atoms with van der Waals surface area (Å²) in [6.07, 6.45) is -12.9. The summed E-state index contributed by atoms with van der Waals surface area (Å²) in [5, 5.41) is 123. The molecule has 6 aromatic carbocycles. The van der Waals surface area contributed by atoms with E-state index in [9.17, 15) is 64.0 Å². The minimum absolute atomic E-state index is 0.0320. The van der Waals surface area contributed by atoms with Crippen molar-refractivity contribution in [1.29, 1.82) is 0 Å². The zero-order chi connectivity index (χ0) is 94.1. The van der Waals surface area contributed by atoms with Gasteiger partial charge in [0.15, 0.2) is 41.2 Å². The molecule has 7 aliphatic heterocycles. The fourth-order valence-corrected chi connectivity index (χ4v) is 21.6. The largest absolute Gasteiger partial charge is 0.507 e. The first-order chi connectivity index (χ1) is 62.3. The number of rotatable bonds is 27. The lowest BCUT2D eigenvalue weighted by molar-refractivity contribution is -0.333. The highest BCUT2D eigenvalue weighted by atomic mass is 35.5. The first-order valence-electron chi connectivity index (χ1n) is 44.8. The molecule has 17 rings (SSSR count). The van der Waals surface area contributed by atoms with Crippen LogP contribution in [0.25, 0.3) is 11.1 Å². The first kappa shape index (κ1) is 97.4. The van der Waals surface area contributed by atoms with Crippen LogP contribution < -0.4 is 61.7 Å². The number of ether oxygens (including phenoxy) is 7. The first-order valence-corrected chi connectivity index (χ1v) is 47.0. The van der Waals surface area contributed by atoms with Crippen molar-refractivity contribution in [2.24, 2.45) is 58.8 Å². The number of phenolic OH excluding ortho intramolecular Hbond substituents is 3. The van der Waals surface area contributed by atoms with Crippen LogP contribution in [0.15, 0.2) is 102 Å². The summed E-state index contributed by atoms with van der Waals surface area (Å²) in [5.74, 6) is -16.1. The second-order valence-electron chi connectivity index (χ2n) is 36.9. The second kappa shape index (κ2) is 41.0. The number of nitrogens with two attached hydrogens (primary N) is 2. The van der Waals surface area contributed by atoms with E-state index in [1.54, 1.807) is 19.1 Å². The molecule has 6 aromatic rings. The Morgan fingerprint density at radius 1 is 0.702 bits per heavy atom. The summed E-state index contributed by atoms with van der Waals surface area (Å²) in [5.41, 5.74) is 8.94. The number of carbonyl (C=O) groups excluding carboxylic acids is 8. The predicted molar refractivity (Wildman–Crippen MR) is 474 cm³/mol. The minimum atomic E-state index is -4.12. The molecule has 0 radical (unpaired) electrons. The highest BCUT2D eigenvalue weighted by molar-refractivity contribution is 7.89. The molecule has 4 aliphatic carbocycles. The predicted octanol–water partition coefficient (Wildman–Crippen LogP) is 8.10. The van der Waals surface area contributed by atoms with Gasteiger partial charge in [0.1, 0.15) is 89.2 Å². The van der Waals surface area contributed by atoms with Gasteiger partial charge in [0, 0.05) is 74.3 Å². The Hall–Kier alpha value is -9.67. The van der Waals surface area contributed by atoms with Crippen LogP contribution in [-0.4, -0.2) is 194 Å². The van der Waals surface area contributed by atoms with Gasteiger partial charge >= 0.3 is 0 Å². The van der Waals surface area contributed by atoms with Gasteiger partial charge in [-0.3, -0.25) is 38.4 Å². The molecule has 18 atom stereocenters. The Morgan fingerprint density at radius 2 is 1.35 bits per heavy atom. The third kappa shape index (κ3) is 21.6. The number of unbranched alkanes of at least 4 members (excludes halogenated alkanes) is 2. The monoisotopic (exact) mass is 1870 g/mol. The van der Waals surface area contributed by atoms with Gasteiger partial charge in [0.2, 0.25) is 51.6 Å². The molecule has 4 saturated carbocycles. The average molecular weight is 1880 g/mol. The fraction of sp³-hybridized carbons (Fsp3) is 0.532. The van der Waals surface area contributed by atoms with E-state index in [1.165, 1.54) is 68.4 Å². The van der Waals surface area contributed by atoms with E-state index in [0.29, 0.717) is 30.6 Å². The number of hydrogen-bond donors (Lipinski definition) is 17. The number of ketones is 3. The SMILES string of the molecule is CCCCCOc1ccc(S(=O)(=O)NCCNCc2c(O)cc3c(c2O)-c2cc(ccc2O)[C@H]2CC(=O)[C@@H]4NC(=O)[C@H](CC(N)=O)CC(=O)[C@H](NC(=O)[C@H](CC)CC(C)C)[C@H](O)c5ccc(c(Cl)c5)Oc5cc4cc(c5O[C@@H]4O[C@H](CO)[C@@H](O)[C@H](O)[C@H]4O[C@H]4C[C@](C)(N)[C@H](O)[C@H](C)O4)Oc4ccc(cc4Cl)[C@@H](O)[C@H](NC2=O)C(=O)N[C@@H]3C(=O)CC2C3CC4CC(C3)CC2C4)cc1. The molecule has 131 heavy (non-hydrogen) atoms. The number of hydrogen-bond acceptors (Lipinski definition) is 28. The molecule has 7 heterocycles. The van der Waals surface area contributed by atoms with Crippen molar-refractivity contribution < 1.29 is 126 Å². The van der Waals surface area contributed by atoms with Crippen molar-refractivity contribution in [2.75, 3.05) is 26.3 Å². The highest BCUT2D eigenvalue weighted by Crippen LogP contribution is 2.59. The van der Waals surface area contributed by atoms with Crippen molar-refractivity contribution in [3.63, 3.8) is 0 Å². The molecule has 11 aliphatic rings. The molecule has 37 heteroatoms. The molecule has 19 N–H and O–H groups in total. The van der Waals surface area contributed by atoms with Crippen LogP contribution in [0, 0.1) is 47.3 Å². The van der Waals surface area contributed by atoms with Gasteiger partial charge in [0.25, 0.3) is 0 Å². The second-order valence-corrected chi connectivity index (χ2v) is 39.4.